The molecule has 2 aliphatic rings. The summed E-state index contributed by atoms with van der Waals surface area (Å²) in [4.78, 5) is 22.2. The van der Waals surface area contributed by atoms with Crippen LogP contribution in [0.25, 0.3) is 33.5 Å². The lowest BCUT2D eigenvalue weighted by molar-refractivity contribution is 0.102. The van der Waals surface area contributed by atoms with E-state index in [-0.39, 0.29) is 5.91 Å². The van der Waals surface area contributed by atoms with E-state index in [0.29, 0.717) is 35.0 Å². The first kappa shape index (κ1) is 20.9. The molecule has 7 rings (SSSR count). The van der Waals surface area contributed by atoms with Crippen LogP contribution < -0.4 is 5.32 Å². The lowest BCUT2D eigenvalue weighted by atomic mass is 9.93. The Morgan fingerprint density at radius 3 is 2.72 bits per heavy atom. The minimum atomic E-state index is -0.263. The van der Waals surface area contributed by atoms with Crippen molar-refractivity contribution in [1.29, 1.82) is 0 Å². The Morgan fingerprint density at radius 2 is 1.89 bits per heavy atom. The molecule has 9 heteroatoms. The van der Waals surface area contributed by atoms with Gasteiger partial charge in [-0.15, -0.1) is 10.2 Å². The SMILES string of the molecule is O=C(Nc1cccc(-c2nncn2C2CC2)n1)c1cnc2ccc(-c3cnn(C4CCC4)c3)cc2c1. The standard InChI is InChI=1S/C27H24N8O/c36-27(32-25-6-2-5-24(31-25)26-33-29-16-34(26)21-8-9-21)19-12-18-11-17(7-10-23(18)28-13-19)20-14-30-35(15-20)22-3-1-4-22/h2,5-7,10-16,21-22H,1,3-4,8-9H2,(H,31,32,36). The first-order valence-electron chi connectivity index (χ1n) is 12.3. The van der Waals surface area contributed by atoms with Gasteiger partial charge in [0.1, 0.15) is 17.8 Å². The molecule has 2 fully saturated rings. The van der Waals surface area contributed by atoms with Crippen LogP contribution in [0.1, 0.15) is 54.5 Å². The maximum Gasteiger partial charge on any atom is 0.258 e. The summed E-state index contributed by atoms with van der Waals surface area (Å²) in [5.41, 5.74) is 4.11. The Bertz CT molecular complexity index is 1590. The summed E-state index contributed by atoms with van der Waals surface area (Å²) in [6, 6.07) is 14.4. The van der Waals surface area contributed by atoms with Crippen molar-refractivity contribution in [1.82, 2.24) is 34.5 Å². The van der Waals surface area contributed by atoms with Gasteiger partial charge in [-0.2, -0.15) is 5.10 Å². The largest absolute Gasteiger partial charge is 0.309 e. The fourth-order valence-electron chi connectivity index (χ4n) is 4.64. The molecule has 4 heterocycles. The molecule has 5 aromatic rings. The van der Waals surface area contributed by atoms with Gasteiger partial charge in [-0.1, -0.05) is 12.1 Å². The van der Waals surface area contributed by atoms with Gasteiger partial charge in [-0.3, -0.25) is 14.5 Å². The van der Waals surface area contributed by atoms with E-state index < -0.39 is 0 Å². The van der Waals surface area contributed by atoms with E-state index >= 15 is 0 Å². The second-order valence-electron chi connectivity index (χ2n) is 9.58. The molecule has 1 amide bonds. The molecule has 1 aromatic carbocycles. The highest BCUT2D eigenvalue weighted by atomic mass is 16.1. The third-order valence-electron chi connectivity index (χ3n) is 7.06. The Balaban J connectivity index is 1.13. The molecular formula is C27H24N8O. The molecule has 0 atom stereocenters. The summed E-state index contributed by atoms with van der Waals surface area (Å²) in [6.45, 7) is 0. The average Bonchev–Trinajstić information content (AvgIpc) is 3.39. The van der Waals surface area contributed by atoms with Gasteiger partial charge in [0.25, 0.3) is 5.91 Å². The molecule has 2 aliphatic carbocycles. The van der Waals surface area contributed by atoms with E-state index in [0.717, 1.165) is 34.9 Å². The molecule has 9 nitrogen and oxygen atoms in total. The van der Waals surface area contributed by atoms with Crippen LogP contribution in [0.5, 0.6) is 0 Å². The van der Waals surface area contributed by atoms with Crippen LogP contribution in [-0.2, 0) is 0 Å². The fourth-order valence-corrected chi connectivity index (χ4v) is 4.64. The highest BCUT2D eigenvalue weighted by Crippen LogP contribution is 2.37. The lowest BCUT2D eigenvalue weighted by Crippen LogP contribution is -2.16. The first-order chi connectivity index (χ1) is 17.7. The van der Waals surface area contributed by atoms with E-state index in [2.05, 4.69) is 52.1 Å². The molecule has 0 saturated heterocycles. The Kier molecular flexibility index (Phi) is 4.87. The maximum atomic E-state index is 13.1. The second kappa shape index (κ2) is 8.37. The van der Waals surface area contributed by atoms with E-state index in [9.17, 15) is 4.79 Å². The number of anilines is 1. The van der Waals surface area contributed by atoms with Crippen LogP contribution >= 0.6 is 0 Å². The van der Waals surface area contributed by atoms with Crippen molar-refractivity contribution in [3.8, 4) is 22.6 Å². The van der Waals surface area contributed by atoms with Crippen LogP contribution in [0.15, 0.2) is 67.4 Å². The normalized spacial score (nSPS) is 15.7. The molecule has 0 radical (unpaired) electrons. The molecule has 1 N–H and O–H groups in total. The number of aromatic nitrogens is 7. The van der Waals surface area contributed by atoms with Crippen molar-refractivity contribution in [2.75, 3.05) is 5.32 Å². The monoisotopic (exact) mass is 476 g/mol. The molecule has 178 valence electrons. The molecule has 0 bridgehead atoms. The van der Waals surface area contributed by atoms with Gasteiger partial charge in [0.2, 0.25) is 0 Å². The third-order valence-corrected chi connectivity index (χ3v) is 7.06. The van der Waals surface area contributed by atoms with Crippen molar-refractivity contribution in [2.24, 2.45) is 0 Å². The summed E-state index contributed by atoms with van der Waals surface area (Å²) in [6.07, 6.45) is 13.3. The van der Waals surface area contributed by atoms with E-state index in [4.69, 9.17) is 0 Å². The highest BCUT2D eigenvalue weighted by Gasteiger charge is 2.27. The Hall–Kier alpha value is -4.40. The van der Waals surface area contributed by atoms with Crippen molar-refractivity contribution in [3.05, 3.63) is 72.9 Å². The van der Waals surface area contributed by atoms with Crippen LogP contribution in [0, 0.1) is 0 Å². The molecule has 36 heavy (non-hydrogen) atoms. The number of carbonyl (C=O) groups excluding carboxylic acids is 1. The molecule has 4 aromatic heterocycles. The molecule has 0 spiro atoms. The van der Waals surface area contributed by atoms with Crippen molar-refractivity contribution in [2.45, 2.75) is 44.2 Å². The van der Waals surface area contributed by atoms with Crippen molar-refractivity contribution >= 4 is 22.6 Å². The van der Waals surface area contributed by atoms with Crippen LogP contribution in [-0.4, -0.2) is 40.4 Å². The summed E-state index contributed by atoms with van der Waals surface area (Å²) < 4.78 is 4.12. The number of fused-ring (bicyclic) bond motifs is 1. The van der Waals surface area contributed by atoms with Gasteiger partial charge >= 0.3 is 0 Å². The molecule has 0 aliphatic heterocycles. The summed E-state index contributed by atoms with van der Waals surface area (Å²) in [7, 11) is 0. The Labute approximate surface area is 207 Å². The maximum absolute atomic E-state index is 13.1. The van der Waals surface area contributed by atoms with E-state index in [1.54, 1.807) is 18.6 Å². The number of hydrogen-bond donors (Lipinski definition) is 1. The minimum Gasteiger partial charge on any atom is -0.309 e. The third kappa shape index (κ3) is 3.82. The predicted molar refractivity (Wildman–Crippen MR) is 135 cm³/mol. The smallest absolute Gasteiger partial charge is 0.258 e. The summed E-state index contributed by atoms with van der Waals surface area (Å²) >= 11 is 0. The molecular weight excluding hydrogens is 452 g/mol. The number of nitrogens with one attached hydrogen (secondary N) is 1. The minimum absolute atomic E-state index is 0.263. The number of nitrogens with zero attached hydrogens (tertiary/aromatic N) is 7. The van der Waals surface area contributed by atoms with Crippen molar-refractivity contribution in [3.63, 3.8) is 0 Å². The van der Waals surface area contributed by atoms with Crippen LogP contribution in [0.2, 0.25) is 0 Å². The summed E-state index contributed by atoms with van der Waals surface area (Å²) in [5, 5.41) is 16.6. The number of benzene rings is 1. The van der Waals surface area contributed by atoms with Crippen LogP contribution in [0.4, 0.5) is 5.82 Å². The van der Waals surface area contributed by atoms with Gasteiger partial charge in [0.15, 0.2) is 5.82 Å². The van der Waals surface area contributed by atoms with Gasteiger partial charge in [-0.25, -0.2) is 4.98 Å². The quantitative estimate of drug-likeness (QED) is 0.367. The predicted octanol–water partition coefficient (Wildman–Crippen LogP) is 5.06. The number of hydrogen-bond acceptors (Lipinski definition) is 6. The van der Waals surface area contributed by atoms with Gasteiger partial charge in [0.05, 0.1) is 23.3 Å². The lowest BCUT2D eigenvalue weighted by Gasteiger charge is -2.25. The molecule has 0 unspecified atom stereocenters. The zero-order chi connectivity index (χ0) is 24.1. The number of rotatable bonds is 6. The number of pyridine rings is 2. The first-order valence-corrected chi connectivity index (χ1v) is 12.3. The number of carbonyl (C=O) groups is 1. The van der Waals surface area contributed by atoms with E-state index in [1.807, 2.05) is 36.5 Å². The van der Waals surface area contributed by atoms with E-state index in [1.165, 1.54) is 19.3 Å². The van der Waals surface area contributed by atoms with Gasteiger partial charge in [-0.05, 0) is 68.0 Å². The average molecular weight is 477 g/mol. The Morgan fingerprint density at radius 1 is 0.972 bits per heavy atom. The highest BCUT2D eigenvalue weighted by molar-refractivity contribution is 6.05. The molecule has 2 saturated carbocycles. The van der Waals surface area contributed by atoms with Crippen molar-refractivity contribution < 1.29 is 4.79 Å². The van der Waals surface area contributed by atoms with Gasteiger partial charge in [0, 0.05) is 29.4 Å². The zero-order valence-corrected chi connectivity index (χ0v) is 19.6. The van der Waals surface area contributed by atoms with Crippen LogP contribution in [0.3, 0.4) is 0 Å². The van der Waals surface area contributed by atoms with Gasteiger partial charge < -0.3 is 9.88 Å². The topological polar surface area (TPSA) is 103 Å². The fraction of sp³-hybridized carbons (Fsp3) is 0.259. The number of amides is 1. The zero-order valence-electron chi connectivity index (χ0n) is 19.6. The summed E-state index contributed by atoms with van der Waals surface area (Å²) in [5.74, 6) is 0.912. The second-order valence-corrected chi connectivity index (χ2v) is 9.58.